The largest absolute Gasteiger partial charge is 0.483 e. The summed E-state index contributed by atoms with van der Waals surface area (Å²) in [6, 6.07) is 18.6. The molecule has 0 bridgehead atoms. The summed E-state index contributed by atoms with van der Waals surface area (Å²) in [6.07, 6.45) is 2.46. The van der Waals surface area contributed by atoms with Crippen LogP contribution in [0.2, 0.25) is 0 Å². The Hall–Kier alpha value is -2.37. The highest BCUT2D eigenvalue weighted by Gasteiger charge is 2.31. The molecule has 1 aliphatic carbocycles. The van der Waals surface area contributed by atoms with Gasteiger partial charge in [0.05, 0.1) is 0 Å². The molecular formula is C23H29N3O2. The van der Waals surface area contributed by atoms with Gasteiger partial charge in [-0.05, 0) is 30.4 Å². The Labute approximate surface area is 166 Å². The summed E-state index contributed by atoms with van der Waals surface area (Å²) < 4.78 is 5.83. The number of carbonyl (C=O) groups excluding carboxylic acids is 1. The number of amides is 1. The van der Waals surface area contributed by atoms with Gasteiger partial charge in [-0.3, -0.25) is 9.69 Å². The number of hydrogen-bond donors (Lipinski definition) is 2. The van der Waals surface area contributed by atoms with Crippen molar-refractivity contribution in [2.45, 2.75) is 31.3 Å². The molecule has 3 N–H and O–H groups in total. The fraction of sp³-hybridized carbons (Fsp3) is 0.435. The van der Waals surface area contributed by atoms with E-state index in [2.05, 4.69) is 40.5 Å². The SMILES string of the molecule is N[C@@H]1CN(Cc2ccccc2OCC(=O)NCC2CC2)C[C@H]1c1ccccc1. The summed E-state index contributed by atoms with van der Waals surface area (Å²) in [5.74, 6) is 1.76. The number of nitrogens with one attached hydrogen (secondary N) is 1. The molecule has 1 amide bonds. The third kappa shape index (κ3) is 4.91. The first kappa shape index (κ1) is 19.0. The molecule has 5 nitrogen and oxygen atoms in total. The topological polar surface area (TPSA) is 67.6 Å². The zero-order valence-electron chi connectivity index (χ0n) is 16.2. The molecule has 5 heteroatoms. The fourth-order valence-corrected chi connectivity index (χ4v) is 3.89. The summed E-state index contributed by atoms with van der Waals surface area (Å²) in [5, 5.41) is 2.95. The number of ether oxygens (including phenoxy) is 1. The highest BCUT2D eigenvalue weighted by atomic mass is 16.5. The van der Waals surface area contributed by atoms with E-state index in [1.54, 1.807) is 0 Å². The third-order valence-electron chi connectivity index (χ3n) is 5.68. The molecule has 1 saturated carbocycles. The van der Waals surface area contributed by atoms with Gasteiger partial charge >= 0.3 is 0 Å². The van der Waals surface area contributed by atoms with E-state index in [-0.39, 0.29) is 18.6 Å². The molecular weight excluding hydrogens is 350 g/mol. The molecule has 0 aromatic heterocycles. The van der Waals surface area contributed by atoms with Gasteiger partial charge in [-0.25, -0.2) is 0 Å². The molecule has 2 aromatic rings. The highest BCUT2D eigenvalue weighted by molar-refractivity contribution is 5.77. The van der Waals surface area contributed by atoms with Crippen molar-refractivity contribution < 1.29 is 9.53 Å². The van der Waals surface area contributed by atoms with Crippen molar-refractivity contribution in [1.82, 2.24) is 10.2 Å². The van der Waals surface area contributed by atoms with Crippen LogP contribution in [0.15, 0.2) is 54.6 Å². The van der Waals surface area contributed by atoms with Gasteiger partial charge in [0.1, 0.15) is 5.75 Å². The maximum Gasteiger partial charge on any atom is 0.257 e. The highest BCUT2D eigenvalue weighted by Crippen LogP contribution is 2.29. The fourth-order valence-electron chi connectivity index (χ4n) is 3.89. The molecule has 148 valence electrons. The smallest absolute Gasteiger partial charge is 0.257 e. The Morgan fingerprint density at radius 3 is 2.61 bits per heavy atom. The van der Waals surface area contributed by atoms with Crippen LogP contribution in [0.5, 0.6) is 5.75 Å². The van der Waals surface area contributed by atoms with E-state index in [0.29, 0.717) is 11.8 Å². The molecule has 1 saturated heterocycles. The minimum Gasteiger partial charge on any atom is -0.483 e. The zero-order valence-corrected chi connectivity index (χ0v) is 16.2. The molecule has 2 aliphatic rings. The van der Waals surface area contributed by atoms with Crippen molar-refractivity contribution >= 4 is 5.91 Å². The summed E-state index contributed by atoms with van der Waals surface area (Å²) in [7, 11) is 0. The van der Waals surface area contributed by atoms with Crippen molar-refractivity contribution in [2.24, 2.45) is 11.7 Å². The summed E-state index contributed by atoms with van der Waals surface area (Å²) in [4.78, 5) is 14.4. The van der Waals surface area contributed by atoms with Crippen molar-refractivity contribution in [3.63, 3.8) is 0 Å². The Morgan fingerprint density at radius 2 is 1.82 bits per heavy atom. The lowest BCUT2D eigenvalue weighted by Gasteiger charge is -2.18. The van der Waals surface area contributed by atoms with Crippen LogP contribution in [0.4, 0.5) is 0 Å². The summed E-state index contributed by atoms with van der Waals surface area (Å²) in [5.41, 5.74) is 8.82. The molecule has 1 aliphatic heterocycles. The van der Waals surface area contributed by atoms with Gasteiger partial charge in [0, 0.05) is 43.7 Å². The summed E-state index contributed by atoms with van der Waals surface area (Å²) in [6.45, 7) is 3.40. The summed E-state index contributed by atoms with van der Waals surface area (Å²) >= 11 is 0. The van der Waals surface area contributed by atoms with Gasteiger partial charge < -0.3 is 15.8 Å². The van der Waals surface area contributed by atoms with E-state index >= 15 is 0 Å². The maximum absolute atomic E-state index is 12.0. The van der Waals surface area contributed by atoms with Crippen LogP contribution in [-0.4, -0.2) is 43.1 Å². The Bertz CT molecular complexity index is 791. The van der Waals surface area contributed by atoms with Crippen LogP contribution in [0.3, 0.4) is 0 Å². The Balaban J connectivity index is 1.34. The van der Waals surface area contributed by atoms with Gasteiger partial charge in [0.25, 0.3) is 5.91 Å². The number of likely N-dealkylation sites (tertiary alicyclic amines) is 1. The molecule has 2 fully saturated rings. The number of nitrogens with zero attached hydrogens (tertiary/aromatic N) is 1. The average Bonchev–Trinajstić information content (AvgIpc) is 3.48. The van der Waals surface area contributed by atoms with E-state index in [1.807, 2.05) is 24.3 Å². The number of rotatable bonds is 8. The molecule has 0 unspecified atom stereocenters. The number of benzene rings is 2. The molecule has 0 radical (unpaired) electrons. The minimum atomic E-state index is -0.0472. The molecule has 1 heterocycles. The third-order valence-corrected chi connectivity index (χ3v) is 5.68. The van der Waals surface area contributed by atoms with Crippen LogP contribution in [0, 0.1) is 5.92 Å². The zero-order chi connectivity index (χ0) is 19.3. The minimum absolute atomic E-state index is 0.0472. The first-order valence-electron chi connectivity index (χ1n) is 10.2. The second-order valence-corrected chi connectivity index (χ2v) is 8.02. The first-order chi connectivity index (χ1) is 13.7. The average molecular weight is 380 g/mol. The number of nitrogens with two attached hydrogens (primary N) is 1. The van der Waals surface area contributed by atoms with Crippen LogP contribution >= 0.6 is 0 Å². The van der Waals surface area contributed by atoms with Gasteiger partial charge in [-0.15, -0.1) is 0 Å². The molecule has 0 spiro atoms. The van der Waals surface area contributed by atoms with E-state index in [9.17, 15) is 4.79 Å². The quantitative estimate of drug-likeness (QED) is 0.740. The van der Waals surface area contributed by atoms with Crippen LogP contribution in [0.25, 0.3) is 0 Å². The van der Waals surface area contributed by atoms with Crippen molar-refractivity contribution in [1.29, 1.82) is 0 Å². The lowest BCUT2D eigenvalue weighted by Crippen LogP contribution is -2.31. The standard InChI is InChI=1S/C23H29N3O2/c24-21-15-26(14-20(21)18-6-2-1-3-7-18)13-19-8-4-5-9-22(19)28-16-23(27)25-12-17-10-11-17/h1-9,17,20-21H,10-16,24H2,(H,25,27)/t20-,21+/m0/s1. The Morgan fingerprint density at radius 1 is 1.07 bits per heavy atom. The van der Waals surface area contributed by atoms with Crippen molar-refractivity contribution in [2.75, 3.05) is 26.2 Å². The van der Waals surface area contributed by atoms with Gasteiger partial charge in [-0.2, -0.15) is 0 Å². The number of carbonyl (C=O) groups is 1. The van der Waals surface area contributed by atoms with Gasteiger partial charge in [-0.1, -0.05) is 48.5 Å². The predicted molar refractivity (Wildman–Crippen MR) is 110 cm³/mol. The maximum atomic E-state index is 12.0. The lowest BCUT2D eigenvalue weighted by molar-refractivity contribution is -0.123. The molecule has 2 aromatic carbocycles. The van der Waals surface area contributed by atoms with Crippen molar-refractivity contribution in [3.05, 3.63) is 65.7 Å². The van der Waals surface area contributed by atoms with E-state index < -0.39 is 0 Å². The molecule has 2 atom stereocenters. The molecule has 28 heavy (non-hydrogen) atoms. The van der Waals surface area contributed by atoms with E-state index in [1.165, 1.54) is 18.4 Å². The predicted octanol–water partition coefficient (Wildman–Crippen LogP) is 2.52. The first-order valence-corrected chi connectivity index (χ1v) is 10.2. The van der Waals surface area contributed by atoms with Gasteiger partial charge in [0.15, 0.2) is 6.61 Å². The van der Waals surface area contributed by atoms with Crippen LogP contribution in [-0.2, 0) is 11.3 Å². The van der Waals surface area contributed by atoms with E-state index in [0.717, 1.165) is 37.5 Å². The normalized spacial score (nSPS) is 22.2. The number of para-hydroxylation sites is 1. The molecule has 4 rings (SSSR count). The van der Waals surface area contributed by atoms with Crippen LogP contribution < -0.4 is 15.8 Å². The van der Waals surface area contributed by atoms with E-state index in [4.69, 9.17) is 10.5 Å². The second kappa shape index (κ2) is 8.76. The van der Waals surface area contributed by atoms with Crippen LogP contribution in [0.1, 0.15) is 29.9 Å². The Kier molecular flexibility index (Phi) is 5.93. The lowest BCUT2D eigenvalue weighted by atomic mass is 9.95. The van der Waals surface area contributed by atoms with Gasteiger partial charge in [0.2, 0.25) is 0 Å². The monoisotopic (exact) mass is 379 g/mol. The number of hydrogen-bond acceptors (Lipinski definition) is 4. The van der Waals surface area contributed by atoms with Crippen molar-refractivity contribution in [3.8, 4) is 5.75 Å². The second-order valence-electron chi connectivity index (χ2n) is 8.02.